The number of benzene rings is 1. The first kappa shape index (κ1) is 20.9. The normalized spacial score (nSPS) is 14.7. The molecule has 1 amide bonds. The summed E-state index contributed by atoms with van der Waals surface area (Å²) in [6, 6.07) is 10.3. The van der Waals surface area contributed by atoms with E-state index in [0.29, 0.717) is 32.0 Å². The molecule has 0 spiro atoms. The quantitative estimate of drug-likeness (QED) is 0.528. The van der Waals surface area contributed by atoms with Gasteiger partial charge in [0, 0.05) is 32.1 Å². The zero-order valence-electron chi connectivity index (χ0n) is 17.6. The number of carbonyl (C=O) groups is 1. The maximum Gasteiger partial charge on any atom is 0.222 e. The van der Waals surface area contributed by atoms with Gasteiger partial charge in [0.15, 0.2) is 11.7 Å². The highest BCUT2D eigenvalue weighted by molar-refractivity contribution is 5.79. The van der Waals surface area contributed by atoms with Crippen molar-refractivity contribution in [3.63, 3.8) is 0 Å². The number of aromatic nitrogens is 1. The lowest BCUT2D eigenvalue weighted by atomic mass is 10.1. The van der Waals surface area contributed by atoms with Gasteiger partial charge in [0.25, 0.3) is 0 Å². The molecule has 1 saturated heterocycles. The third-order valence-corrected chi connectivity index (χ3v) is 4.93. The minimum Gasteiger partial charge on any atom is -0.359 e. The number of hydrogen-bond acceptors (Lipinski definition) is 4. The van der Waals surface area contributed by atoms with Crippen LogP contribution in [0.2, 0.25) is 0 Å². The molecule has 1 aromatic heterocycles. The molecule has 0 radical (unpaired) electrons. The number of nitrogens with zero attached hydrogens (tertiary/aromatic N) is 3. The van der Waals surface area contributed by atoms with E-state index >= 15 is 0 Å². The van der Waals surface area contributed by atoms with E-state index in [2.05, 4.69) is 58.9 Å². The average molecular weight is 398 g/mol. The van der Waals surface area contributed by atoms with Crippen LogP contribution in [0.15, 0.2) is 39.8 Å². The maximum atomic E-state index is 11.8. The Labute approximate surface area is 172 Å². The Bertz CT molecular complexity index is 826. The van der Waals surface area contributed by atoms with Gasteiger partial charge in [-0.05, 0) is 30.4 Å². The van der Waals surface area contributed by atoms with Gasteiger partial charge in [-0.25, -0.2) is 4.99 Å². The first-order valence-corrected chi connectivity index (χ1v) is 10.4. The maximum absolute atomic E-state index is 11.8. The molecule has 0 aliphatic carbocycles. The van der Waals surface area contributed by atoms with Crippen molar-refractivity contribution in [3.8, 4) is 0 Å². The number of guanidine groups is 1. The number of nitrogens with one attached hydrogen (secondary N) is 2. The fourth-order valence-electron chi connectivity index (χ4n) is 3.21. The SMILES string of the molecule is CCNC(=NCc1ccc(CN2CCCC2=O)cc1)NCc1cc(C(C)C)no1. The van der Waals surface area contributed by atoms with Gasteiger partial charge in [-0.2, -0.15) is 0 Å². The van der Waals surface area contributed by atoms with Crippen LogP contribution in [0, 0.1) is 0 Å². The van der Waals surface area contributed by atoms with Gasteiger partial charge in [0.05, 0.1) is 18.8 Å². The third-order valence-electron chi connectivity index (χ3n) is 4.93. The number of carbonyl (C=O) groups excluding carboxylic acids is 1. The molecule has 0 saturated carbocycles. The van der Waals surface area contributed by atoms with E-state index in [1.165, 1.54) is 0 Å². The predicted molar refractivity (Wildman–Crippen MR) is 113 cm³/mol. The lowest BCUT2D eigenvalue weighted by Crippen LogP contribution is -2.36. The lowest BCUT2D eigenvalue weighted by molar-refractivity contribution is -0.128. The molecule has 2 aromatic rings. The van der Waals surface area contributed by atoms with Crippen LogP contribution in [0.1, 0.15) is 62.1 Å². The van der Waals surface area contributed by atoms with Gasteiger partial charge < -0.3 is 20.1 Å². The number of likely N-dealkylation sites (tertiary alicyclic amines) is 1. The molecule has 2 heterocycles. The van der Waals surface area contributed by atoms with Crippen molar-refractivity contribution < 1.29 is 9.32 Å². The Hall–Kier alpha value is -2.83. The van der Waals surface area contributed by atoms with Crippen molar-refractivity contribution in [2.75, 3.05) is 13.1 Å². The fourth-order valence-corrected chi connectivity index (χ4v) is 3.21. The van der Waals surface area contributed by atoms with Crippen LogP contribution >= 0.6 is 0 Å². The second-order valence-electron chi connectivity index (χ2n) is 7.66. The van der Waals surface area contributed by atoms with Crippen LogP contribution in [0.25, 0.3) is 0 Å². The van der Waals surface area contributed by atoms with Crippen LogP contribution in [0.4, 0.5) is 0 Å². The zero-order chi connectivity index (χ0) is 20.6. The smallest absolute Gasteiger partial charge is 0.222 e. The summed E-state index contributed by atoms with van der Waals surface area (Å²) in [7, 11) is 0. The van der Waals surface area contributed by atoms with E-state index in [9.17, 15) is 4.79 Å². The van der Waals surface area contributed by atoms with Crippen LogP contribution in [-0.2, 0) is 24.4 Å². The Morgan fingerprint density at radius 1 is 1.24 bits per heavy atom. The molecule has 1 aromatic carbocycles. The summed E-state index contributed by atoms with van der Waals surface area (Å²) in [6.45, 7) is 9.68. The monoisotopic (exact) mass is 397 g/mol. The summed E-state index contributed by atoms with van der Waals surface area (Å²) >= 11 is 0. The molecule has 7 heteroatoms. The minimum atomic E-state index is 0.257. The zero-order valence-corrected chi connectivity index (χ0v) is 17.6. The van der Waals surface area contributed by atoms with E-state index in [-0.39, 0.29) is 5.91 Å². The number of amides is 1. The first-order valence-electron chi connectivity index (χ1n) is 10.4. The van der Waals surface area contributed by atoms with Crippen molar-refractivity contribution >= 4 is 11.9 Å². The molecule has 1 aliphatic heterocycles. The number of hydrogen-bond donors (Lipinski definition) is 2. The van der Waals surface area contributed by atoms with Crippen molar-refractivity contribution in [1.82, 2.24) is 20.7 Å². The van der Waals surface area contributed by atoms with E-state index in [0.717, 1.165) is 48.1 Å². The standard InChI is InChI=1S/C22H31N5O2/c1-4-23-22(25-14-19-12-20(16(2)3)26-29-19)24-13-17-7-9-18(10-8-17)15-27-11-5-6-21(27)28/h7-10,12,16H,4-6,11,13-15H2,1-3H3,(H2,23,24,25). The van der Waals surface area contributed by atoms with Gasteiger partial charge in [0.1, 0.15) is 0 Å². The molecule has 1 aliphatic rings. The topological polar surface area (TPSA) is 82.8 Å². The average Bonchev–Trinajstić information content (AvgIpc) is 3.35. The van der Waals surface area contributed by atoms with Gasteiger partial charge in [-0.1, -0.05) is 43.3 Å². The summed E-state index contributed by atoms with van der Waals surface area (Å²) in [5.41, 5.74) is 3.24. The summed E-state index contributed by atoms with van der Waals surface area (Å²) in [5.74, 6) is 2.13. The van der Waals surface area contributed by atoms with Crippen LogP contribution in [0.5, 0.6) is 0 Å². The van der Waals surface area contributed by atoms with Gasteiger partial charge in [-0.3, -0.25) is 4.79 Å². The molecular weight excluding hydrogens is 366 g/mol. The van der Waals surface area contributed by atoms with Crippen molar-refractivity contribution in [2.24, 2.45) is 4.99 Å². The molecule has 29 heavy (non-hydrogen) atoms. The van der Waals surface area contributed by atoms with E-state index in [1.54, 1.807) is 0 Å². The summed E-state index contributed by atoms with van der Waals surface area (Å²) in [6.07, 6.45) is 1.65. The lowest BCUT2D eigenvalue weighted by Gasteiger charge is -2.15. The third kappa shape index (κ3) is 6.07. The first-order chi connectivity index (χ1) is 14.0. The summed E-state index contributed by atoms with van der Waals surface area (Å²) in [4.78, 5) is 18.3. The molecule has 1 fully saturated rings. The van der Waals surface area contributed by atoms with Crippen molar-refractivity contribution in [2.45, 2.75) is 59.2 Å². The Balaban J connectivity index is 1.54. The van der Waals surface area contributed by atoms with Crippen molar-refractivity contribution in [3.05, 3.63) is 52.9 Å². The number of aliphatic imine (C=N–C) groups is 1. The van der Waals surface area contributed by atoms with Crippen LogP contribution in [-0.4, -0.2) is 35.0 Å². The van der Waals surface area contributed by atoms with Crippen LogP contribution in [0.3, 0.4) is 0 Å². The van der Waals surface area contributed by atoms with Gasteiger partial charge in [0.2, 0.25) is 5.91 Å². The number of rotatable bonds is 8. The highest BCUT2D eigenvalue weighted by atomic mass is 16.5. The Morgan fingerprint density at radius 2 is 2.00 bits per heavy atom. The second-order valence-corrected chi connectivity index (χ2v) is 7.66. The minimum absolute atomic E-state index is 0.257. The van der Waals surface area contributed by atoms with Gasteiger partial charge >= 0.3 is 0 Å². The summed E-state index contributed by atoms with van der Waals surface area (Å²) in [5, 5.41) is 10.6. The Kier molecular flexibility index (Phi) is 7.27. The van der Waals surface area contributed by atoms with Crippen LogP contribution < -0.4 is 10.6 Å². The van der Waals surface area contributed by atoms with E-state index in [4.69, 9.17) is 4.52 Å². The molecule has 0 unspecified atom stereocenters. The molecule has 0 atom stereocenters. The van der Waals surface area contributed by atoms with E-state index in [1.807, 2.05) is 17.9 Å². The highest BCUT2D eigenvalue weighted by Gasteiger charge is 2.19. The molecule has 2 N–H and O–H groups in total. The van der Waals surface area contributed by atoms with E-state index < -0.39 is 0 Å². The van der Waals surface area contributed by atoms with Gasteiger partial charge in [-0.15, -0.1) is 0 Å². The largest absolute Gasteiger partial charge is 0.359 e. The molecule has 156 valence electrons. The molecule has 3 rings (SSSR count). The Morgan fingerprint density at radius 3 is 2.62 bits per heavy atom. The highest BCUT2D eigenvalue weighted by Crippen LogP contribution is 2.15. The summed E-state index contributed by atoms with van der Waals surface area (Å²) < 4.78 is 5.37. The van der Waals surface area contributed by atoms with Crippen molar-refractivity contribution in [1.29, 1.82) is 0 Å². The fraction of sp³-hybridized carbons (Fsp3) is 0.500. The predicted octanol–water partition coefficient (Wildman–Crippen LogP) is 3.18. The second kappa shape index (κ2) is 10.1. The molecular formula is C22H31N5O2. The molecule has 7 nitrogen and oxygen atoms in total. The molecule has 0 bridgehead atoms.